The van der Waals surface area contributed by atoms with Gasteiger partial charge in [-0.2, -0.15) is 0 Å². The predicted octanol–water partition coefficient (Wildman–Crippen LogP) is 4.02. The molecule has 0 radical (unpaired) electrons. The molecule has 100 valence electrons. The van der Waals surface area contributed by atoms with E-state index in [4.69, 9.17) is 10.3 Å². The number of hydrogen-bond acceptors (Lipinski definition) is 3. The maximum atomic E-state index is 6.07. The highest BCUT2D eigenvalue weighted by atomic mass is 16.5. The molecule has 3 heteroatoms. The minimum atomic E-state index is -0.0423. The maximum Gasteiger partial charge on any atom is 0.154 e. The molecule has 1 aliphatic carbocycles. The Kier molecular flexibility index (Phi) is 3.38. The molecule has 0 bridgehead atoms. The Labute approximate surface area is 113 Å². The molecule has 2 aromatic rings. The standard InChI is InChI=1S/C16H20N2O/c1-2-5-14(17)16-10-15(18-19-16)13-7-4-3-6-12(13)11-8-9-11/h3-4,6-7,10-11,14H,2,5,8-9,17H2,1H3. The Balaban J connectivity index is 1.90. The summed E-state index contributed by atoms with van der Waals surface area (Å²) in [5.41, 5.74) is 9.59. The van der Waals surface area contributed by atoms with E-state index in [1.165, 1.54) is 24.0 Å². The van der Waals surface area contributed by atoms with Crippen LogP contribution in [0, 0.1) is 0 Å². The van der Waals surface area contributed by atoms with Crippen molar-refractivity contribution in [3.05, 3.63) is 41.7 Å². The van der Waals surface area contributed by atoms with Crippen molar-refractivity contribution in [3.63, 3.8) is 0 Å². The van der Waals surface area contributed by atoms with Crippen LogP contribution in [-0.4, -0.2) is 5.16 Å². The molecule has 1 heterocycles. The monoisotopic (exact) mass is 256 g/mol. The van der Waals surface area contributed by atoms with E-state index in [9.17, 15) is 0 Å². The second-order valence-corrected chi connectivity index (χ2v) is 5.37. The normalized spacial score (nSPS) is 16.5. The second kappa shape index (κ2) is 5.17. The van der Waals surface area contributed by atoms with Gasteiger partial charge in [0.2, 0.25) is 0 Å². The number of benzene rings is 1. The van der Waals surface area contributed by atoms with Crippen LogP contribution in [0.4, 0.5) is 0 Å². The van der Waals surface area contributed by atoms with Gasteiger partial charge in [-0.3, -0.25) is 0 Å². The molecular weight excluding hydrogens is 236 g/mol. The number of aromatic nitrogens is 1. The molecule has 1 aliphatic rings. The van der Waals surface area contributed by atoms with Gasteiger partial charge >= 0.3 is 0 Å². The Hall–Kier alpha value is -1.61. The van der Waals surface area contributed by atoms with E-state index in [0.29, 0.717) is 5.92 Å². The third-order valence-corrected chi connectivity index (χ3v) is 3.75. The van der Waals surface area contributed by atoms with E-state index >= 15 is 0 Å². The summed E-state index contributed by atoms with van der Waals surface area (Å²) in [6, 6.07) is 10.4. The van der Waals surface area contributed by atoms with Crippen LogP contribution in [0.3, 0.4) is 0 Å². The predicted molar refractivity (Wildman–Crippen MR) is 75.8 cm³/mol. The molecule has 2 N–H and O–H groups in total. The Morgan fingerprint density at radius 1 is 1.37 bits per heavy atom. The topological polar surface area (TPSA) is 52.0 Å². The number of nitrogens with two attached hydrogens (primary N) is 1. The number of rotatable bonds is 5. The third kappa shape index (κ3) is 2.56. The van der Waals surface area contributed by atoms with Crippen molar-refractivity contribution in [1.29, 1.82) is 0 Å². The van der Waals surface area contributed by atoms with Gasteiger partial charge in [0.05, 0.1) is 6.04 Å². The van der Waals surface area contributed by atoms with E-state index < -0.39 is 0 Å². The molecule has 0 amide bonds. The van der Waals surface area contributed by atoms with Gasteiger partial charge in [0.25, 0.3) is 0 Å². The summed E-state index contributed by atoms with van der Waals surface area (Å²) in [6.45, 7) is 2.12. The van der Waals surface area contributed by atoms with Crippen LogP contribution in [0.1, 0.15) is 55.9 Å². The Bertz CT molecular complexity index is 557. The fraction of sp³-hybridized carbons (Fsp3) is 0.438. The third-order valence-electron chi connectivity index (χ3n) is 3.75. The second-order valence-electron chi connectivity index (χ2n) is 5.37. The van der Waals surface area contributed by atoms with Gasteiger partial charge in [-0.05, 0) is 30.7 Å². The van der Waals surface area contributed by atoms with Crippen LogP contribution in [0.2, 0.25) is 0 Å². The molecule has 0 aliphatic heterocycles. The summed E-state index contributed by atoms with van der Waals surface area (Å²) in [4.78, 5) is 0. The number of nitrogens with zero attached hydrogens (tertiary/aromatic N) is 1. The zero-order valence-corrected chi connectivity index (χ0v) is 11.3. The molecule has 1 atom stereocenters. The smallest absolute Gasteiger partial charge is 0.154 e. The molecular formula is C16H20N2O. The summed E-state index contributed by atoms with van der Waals surface area (Å²) >= 11 is 0. The van der Waals surface area contributed by atoms with Crippen LogP contribution in [-0.2, 0) is 0 Å². The van der Waals surface area contributed by atoms with Crippen molar-refractivity contribution in [1.82, 2.24) is 5.16 Å². The molecule has 3 nitrogen and oxygen atoms in total. The Morgan fingerprint density at radius 2 is 2.16 bits per heavy atom. The van der Waals surface area contributed by atoms with Crippen molar-refractivity contribution >= 4 is 0 Å². The van der Waals surface area contributed by atoms with Crippen LogP contribution in [0.5, 0.6) is 0 Å². The van der Waals surface area contributed by atoms with Gasteiger partial charge in [0.15, 0.2) is 5.76 Å². The molecule has 0 spiro atoms. The van der Waals surface area contributed by atoms with E-state index in [2.05, 4.69) is 36.3 Å². The minimum Gasteiger partial charge on any atom is -0.359 e. The zero-order chi connectivity index (χ0) is 13.2. The maximum absolute atomic E-state index is 6.07. The van der Waals surface area contributed by atoms with Gasteiger partial charge in [-0.15, -0.1) is 0 Å². The van der Waals surface area contributed by atoms with E-state index in [1.807, 2.05) is 6.07 Å². The lowest BCUT2D eigenvalue weighted by atomic mass is 10.00. The Morgan fingerprint density at radius 3 is 2.89 bits per heavy atom. The molecule has 1 unspecified atom stereocenters. The summed E-state index contributed by atoms with van der Waals surface area (Å²) < 4.78 is 5.41. The fourth-order valence-electron chi connectivity index (χ4n) is 2.52. The fourth-order valence-corrected chi connectivity index (χ4v) is 2.52. The highest BCUT2D eigenvalue weighted by Gasteiger charge is 2.27. The van der Waals surface area contributed by atoms with Gasteiger partial charge in [-0.1, -0.05) is 42.8 Å². The summed E-state index contributed by atoms with van der Waals surface area (Å²) in [6.07, 6.45) is 4.56. The van der Waals surface area contributed by atoms with Crippen molar-refractivity contribution in [3.8, 4) is 11.3 Å². The van der Waals surface area contributed by atoms with Crippen LogP contribution < -0.4 is 5.73 Å². The average molecular weight is 256 g/mol. The average Bonchev–Trinajstić information content (AvgIpc) is 3.16. The van der Waals surface area contributed by atoms with Crippen LogP contribution in [0.25, 0.3) is 11.3 Å². The molecule has 1 saturated carbocycles. The quantitative estimate of drug-likeness (QED) is 0.879. The molecule has 1 aromatic heterocycles. The van der Waals surface area contributed by atoms with E-state index in [0.717, 1.165) is 24.3 Å². The van der Waals surface area contributed by atoms with Crippen molar-refractivity contribution in [2.75, 3.05) is 0 Å². The summed E-state index contributed by atoms with van der Waals surface area (Å²) in [5, 5.41) is 4.21. The van der Waals surface area contributed by atoms with Gasteiger partial charge in [-0.25, -0.2) is 0 Å². The lowest BCUT2D eigenvalue weighted by Crippen LogP contribution is -2.08. The SMILES string of the molecule is CCCC(N)c1cc(-c2ccccc2C2CC2)no1. The summed E-state index contributed by atoms with van der Waals surface area (Å²) in [5.74, 6) is 1.50. The summed E-state index contributed by atoms with van der Waals surface area (Å²) in [7, 11) is 0. The lowest BCUT2D eigenvalue weighted by Gasteiger charge is -2.05. The first-order valence-electron chi connectivity index (χ1n) is 7.11. The van der Waals surface area contributed by atoms with E-state index in [1.54, 1.807) is 0 Å². The van der Waals surface area contributed by atoms with Crippen LogP contribution >= 0.6 is 0 Å². The van der Waals surface area contributed by atoms with E-state index in [-0.39, 0.29) is 6.04 Å². The van der Waals surface area contributed by atoms with Crippen molar-refractivity contribution < 1.29 is 4.52 Å². The van der Waals surface area contributed by atoms with Gasteiger partial charge in [0.1, 0.15) is 5.69 Å². The molecule has 3 rings (SSSR count). The van der Waals surface area contributed by atoms with Crippen molar-refractivity contribution in [2.24, 2.45) is 5.73 Å². The zero-order valence-electron chi connectivity index (χ0n) is 11.3. The van der Waals surface area contributed by atoms with Crippen LogP contribution in [0.15, 0.2) is 34.9 Å². The molecule has 19 heavy (non-hydrogen) atoms. The largest absolute Gasteiger partial charge is 0.359 e. The number of hydrogen-bond donors (Lipinski definition) is 1. The first-order chi connectivity index (χ1) is 9.29. The molecule has 0 saturated heterocycles. The van der Waals surface area contributed by atoms with Gasteiger partial charge < -0.3 is 10.3 Å². The minimum absolute atomic E-state index is 0.0423. The van der Waals surface area contributed by atoms with Crippen molar-refractivity contribution in [2.45, 2.75) is 44.6 Å². The lowest BCUT2D eigenvalue weighted by molar-refractivity contribution is 0.356. The van der Waals surface area contributed by atoms with Gasteiger partial charge in [0, 0.05) is 11.6 Å². The molecule has 1 fully saturated rings. The first-order valence-corrected chi connectivity index (χ1v) is 7.11. The first kappa shape index (κ1) is 12.4. The highest BCUT2D eigenvalue weighted by Crippen LogP contribution is 2.44. The molecule has 1 aromatic carbocycles. The highest BCUT2D eigenvalue weighted by molar-refractivity contribution is 5.65.